The second kappa shape index (κ2) is 12.0. The van der Waals surface area contributed by atoms with Crippen LogP contribution < -0.4 is 9.47 Å². The fourth-order valence-electron chi connectivity index (χ4n) is 4.45. The summed E-state index contributed by atoms with van der Waals surface area (Å²) in [5, 5.41) is 0.653. The van der Waals surface area contributed by atoms with Crippen LogP contribution in [0.25, 0.3) is 0 Å². The molecule has 0 spiro atoms. The van der Waals surface area contributed by atoms with E-state index in [2.05, 4.69) is 28.0 Å². The summed E-state index contributed by atoms with van der Waals surface area (Å²) in [5.41, 5.74) is 0.666. The summed E-state index contributed by atoms with van der Waals surface area (Å²) in [7, 11) is 1.73. The number of likely N-dealkylation sites (tertiary alicyclic amines) is 1. The summed E-state index contributed by atoms with van der Waals surface area (Å²) in [6.07, 6.45) is 2.62. The Balaban J connectivity index is 1.33. The molecule has 180 valence electrons. The molecule has 2 fully saturated rings. The first-order chi connectivity index (χ1) is 16.1. The quantitative estimate of drug-likeness (QED) is 0.516. The minimum absolute atomic E-state index is 0.389. The van der Waals surface area contributed by atoms with Crippen LogP contribution in [0.15, 0.2) is 48.5 Å². The van der Waals surface area contributed by atoms with Gasteiger partial charge in [-0.25, -0.2) is 0 Å². The third-order valence-electron chi connectivity index (χ3n) is 6.34. The Morgan fingerprint density at radius 1 is 0.970 bits per heavy atom. The molecule has 6 nitrogen and oxygen atoms in total. The van der Waals surface area contributed by atoms with Gasteiger partial charge < -0.3 is 18.9 Å². The van der Waals surface area contributed by atoms with E-state index in [1.54, 1.807) is 7.11 Å². The molecule has 1 atom stereocenters. The highest BCUT2D eigenvalue weighted by atomic mass is 35.5. The second-order valence-electron chi connectivity index (χ2n) is 8.94. The van der Waals surface area contributed by atoms with Gasteiger partial charge in [0, 0.05) is 38.3 Å². The van der Waals surface area contributed by atoms with Crippen molar-refractivity contribution in [2.24, 2.45) is 0 Å². The zero-order chi connectivity index (χ0) is 22.9. The molecule has 0 aliphatic carbocycles. The summed E-state index contributed by atoms with van der Waals surface area (Å²) >= 11 is 6.10. The molecule has 0 radical (unpaired) electrons. The Hall–Kier alpha value is -1.83. The van der Waals surface area contributed by atoms with Crippen molar-refractivity contribution in [3.63, 3.8) is 0 Å². The summed E-state index contributed by atoms with van der Waals surface area (Å²) in [4.78, 5) is 4.83. The van der Waals surface area contributed by atoms with Crippen molar-refractivity contribution in [3.8, 4) is 11.5 Å². The molecule has 0 saturated carbocycles. The maximum Gasteiger partial charge on any atom is 0.137 e. The van der Waals surface area contributed by atoms with Crippen molar-refractivity contribution >= 4 is 11.6 Å². The van der Waals surface area contributed by atoms with Crippen LogP contribution in [0, 0.1) is 0 Å². The molecule has 2 aliphatic heterocycles. The third kappa shape index (κ3) is 7.33. The van der Waals surface area contributed by atoms with Crippen LogP contribution in [-0.2, 0) is 16.0 Å². The number of hydrogen-bond donors (Lipinski definition) is 0. The predicted octanol–water partition coefficient (Wildman–Crippen LogP) is 4.11. The van der Waals surface area contributed by atoms with Gasteiger partial charge in [0.1, 0.15) is 30.3 Å². The van der Waals surface area contributed by atoms with E-state index in [0.717, 1.165) is 37.7 Å². The molecule has 2 aliphatic rings. The highest BCUT2D eigenvalue weighted by molar-refractivity contribution is 6.30. The van der Waals surface area contributed by atoms with Crippen LogP contribution in [0.1, 0.15) is 18.4 Å². The van der Waals surface area contributed by atoms with Crippen molar-refractivity contribution in [1.29, 1.82) is 0 Å². The lowest BCUT2D eigenvalue weighted by Gasteiger charge is -2.34. The zero-order valence-corrected chi connectivity index (χ0v) is 20.3. The predicted molar refractivity (Wildman–Crippen MR) is 130 cm³/mol. The van der Waals surface area contributed by atoms with Crippen LogP contribution >= 0.6 is 11.6 Å². The van der Waals surface area contributed by atoms with Crippen LogP contribution in [-0.4, -0.2) is 81.7 Å². The van der Waals surface area contributed by atoms with Gasteiger partial charge in [0.05, 0.1) is 13.2 Å². The first-order valence-corrected chi connectivity index (χ1v) is 12.2. The molecule has 2 saturated heterocycles. The van der Waals surface area contributed by atoms with Crippen molar-refractivity contribution < 1.29 is 18.9 Å². The molecular weight excluding hydrogens is 440 g/mol. The highest BCUT2D eigenvalue weighted by Crippen LogP contribution is 2.23. The Kier molecular flexibility index (Phi) is 8.87. The minimum atomic E-state index is -0.553. The number of ether oxygens (including phenoxy) is 4. The molecule has 2 heterocycles. The van der Waals surface area contributed by atoms with Crippen LogP contribution in [0.2, 0.25) is 5.02 Å². The first-order valence-electron chi connectivity index (χ1n) is 11.8. The Morgan fingerprint density at radius 3 is 2.55 bits per heavy atom. The second-order valence-corrected chi connectivity index (χ2v) is 9.38. The van der Waals surface area contributed by atoms with E-state index >= 15 is 0 Å². The molecule has 4 rings (SSSR count). The summed E-state index contributed by atoms with van der Waals surface area (Å²) in [5.74, 6) is 1.66. The van der Waals surface area contributed by atoms with Gasteiger partial charge in [-0.3, -0.25) is 9.80 Å². The van der Waals surface area contributed by atoms with E-state index in [1.165, 1.54) is 31.5 Å². The lowest BCUT2D eigenvalue weighted by molar-refractivity contribution is -0.0925. The first kappa shape index (κ1) is 24.3. The highest BCUT2D eigenvalue weighted by Gasteiger charge is 2.36. The van der Waals surface area contributed by atoms with Crippen molar-refractivity contribution in [3.05, 3.63) is 59.1 Å². The maximum absolute atomic E-state index is 6.10. The lowest BCUT2D eigenvalue weighted by Crippen LogP contribution is -2.50. The summed E-state index contributed by atoms with van der Waals surface area (Å²) in [6.45, 7) is 8.01. The van der Waals surface area contributed by atoms with Crippen LogP contribution in [0.4, 0.5) is 0 Å². The number of methoxy groups -OCH3 is 1. The van der Waals surface area contributed by atoms with E-state index in [4.69, 9.17) is 30.5 Å². The number of halogens is 1. The molecule has 33 heavy (non-hydrogen) atoms. The number of hydrogen-bond acceptors (Lipinski definition) is 6. The van der Waals surface area contributed by atoms with Gasteiger partial charge in [-0.15, -0.1) is 0 Å². The van der Waals surface area contributed by atoms with E-state index < -0.39 is 5.60 Å². The van der Waals surface area contributed by atoms with Gasteiger partial charge in [0.2, 0.25) is 0 Å². The lowest BCUT2D eigenvalue weighted by atomic mass is 10.1. The van der Waals surface area contributed by atoms with Gasteiger partial charge in [-0.1, -0.05) is 29.8 Å². The summed E-state index contributed by atoms with van der Waals surface area (Å²) < 4.78 is 23.9. The smallest absolute Gasteiger partial charge is 0.137 e. The van der Waals surface area contributed by atoms with Crippen LogP contribution in [0.5, 0.6) is 11.5 Å². The third-order valence-corrected chi connectivity index (χ3v) is 6.57. The molecule has 0 aromatic heterocycles. The largest absolute Gasteiger partial charge is 0.492 e. The van der Waals surface area contributed by atoms with Gasteiger partial charge in [0.15, 0.2) is 0 Å². The molecule has 2 aromatic rings. The Labute approximate surface area is 202 Å². The topological polar surface area (TPSA) is 43.4 Å². The Morgan fingerprint density at radius 2 is 1.76 bits per heavy atom. The normalized spacial score (nSPS) is 22.2. The van der Waals surface area contributed by atoms with E-state index in [9.17, 15) is 0 Å². The fraction of sp³-hybridized carbons (Fsp3) is 0.538. The molecule has 0 bridgehead atoms. The molecule has 0 unspecified atom stereocenters. The number of rotatable bonds is 10. The van der Waals surface area contributed by atoms with Crippen molar-refractivity contribution in [1.82, 2.24) is 9.80 Å². The molecular formula is C26H35ClN2O4. The Bertz CT molecular complexity index is 877. The minimum Gasteiger partial charge on any atom is -0.492 e. The molecule has 2 aromatic carbocycles. The summed E-state index contributed by atoms with van der Waals surface area (Å²) in [6, 6.07) is 15.8. The average molecular weight is 475 g/mol. The van der Waals surface area contributed by atoms with Gasteiger partial charge in [-0.05, 0) is 61.8 Å². The monoisotopic (exact) mass is 474 g/mol. The SMILES string of the molecule is CO[C@]1(COc2cccc(Cl)c2)COCCN(Cc2cccc(OCCN3CCCC3)c2)C1. The van der Waals surface area contributed by atoms with Crippen molar-refractivity contribution in [2.45, 2.75) is 25.0 Å². The van der Waals surface area contributed by atoms with Gasteiger partial charge in [-0.2, -0.15) is 0 Å². The van der Waals surface area contributed by atoms with E-state index in [0.29, 0.717) is 31.4 Å². The standard InChI is InChI=1S/C26H35ClN2O4/c1-30-26(21-33-25-9-5-7-23(27)17-25)19-29(12-14-31-20-26)18-22-6-4-8-24(16-22)32-15-13-28-10-2-3-11-28/h4-9,16-17H,2-3,10-15,18-21H2,1H3/t26-/m0/s1. The average Bonchev–Trinajstić information content (AvgIpc) is 3.25. The number of nitrogens with zero attached hydrogens (tertiary/aromatic N) is 2. The van der Waals surface area contributed by atoms with Gasteiger partial charge >= 0.3 is 0 Å². The molecule has 0 amide bonds. The van der Waals surface area contributed by atoms with E-state index in [-0.39, 0.29) is 0 Å². The molecule has 0 N–H and O–H groups in total. The zero-order valence-electron chi connectivity index (χ0n) is 19.5. The maximum atomic E-state index is 6.10. The van der Waals surface area contributed by atoms with Crippen molar-refractivity contribution in [2.75, 3.05) is 66.3 Å². The molecule has 7 heteroatoms. The number of benzene rings is 2. The van der Waals surface area contributed by atoms with E-state index in [1.807, 2.05) is 30.3 Å². The fourth-order valence-corrected chi connectivity index (χ4v) is 4.63. The van der Waals surface area contributed by atoms with Gasteiger partial charge in [0.25, 0.3) is 0 Å². The van der Waals surface area contributed by atoms with Crippen LogP contribution in [0.3, 0.4) is 0 Å².